The average molecular weight is 362 g/mol. The third-order valence-corrected chi connectivity index (χ3v) is 6.16. The van der Waals surface area contributed by atoms with E-state index in [1.54, 1.807) is 0 Å². The second kappa shape index (κ2) is 7.96. The summed E-state index contributed by atoms with van der Waals surface area (Å²) in [5.41, 5.74) is 1.66. The third kappa shape index (κ3) is 3.80. The van der Waals surface area contributed by atoms with Gasteiger partial charge >= 0.3 is 0 Å². The molecule has 2 fully saturated rings. The number of fused-ring (bicyclic) bond motifs is 1. The normalized spacial score (nSPS) is 29.2. The zero-order valence-corrected chi connectivity index (χ0v) is 15.6. The van der Waals surface area contributed by atoms with Crippen LogP contribution in [0.5, 0.6) is 0 Å². The van der Waals surface area contributed by atoms with Crippen LogP contribution in [0.15, 0.2) is 24.3 Å². The van der Waals surface area contributed by atoms with Crippen LogP contribution in [0.25, 0.3) is 0 Å². The quantitative estimate of drug-likeness (QED) is 0.524. The first kappa shape index (κ1) is 18.5. The number of nitrogens with zero attached hydrogens (tertiary/aromatic N) is 2. The van der Waals surface area contributed by atoms with Crippen molar-refractivity contribution in [3.63, 3.8) is 0 Å². The molecule has 136 valence electrons. The molecule has 1 heterocycles. The van der Waals surface area contributed by atoms with E-state index in [1.165, 1.54) is 25.7 Å². The molecule has 3 unspecified atom stereocenters. The van der Waals surface area contributed by atoms with Crippen LogP contribution in [-0.4, -0.2) is 33.3 Å². The highest BCUT2D eigenvalue weighted by Gasteiger charge is 2.69. The first-order valence-corrected chi connectivity index (χ1v) is 10.3. The van der Waals surface area contributed by atoms with E-state index in [0.29, 0.717) is 18.4 Å². The number of rotatable bonds is 9. The van der Waals surface area contributed by atoms with Gasteiger partial charge in [0, 0.05) is 31.5 Å². The summed E-state index contributed by atoms with van der Waals surface area (Å²) in [5.74, 6) is 0.859. The van der Waals surface area contributed by atoms with E-state index < -0.39 is 11.3 Å². The molecule has 3 rings (SSSR count). The zero-order chi connectivity index (χ0) is 17.9. The van der Waals surface area contributed by atoms with Gasteiger partial charge in [-0.05, 0) is 24.1 Å². The lowest BCUT2D eigenvalue weighted by Gasteiger charge is -2.23. The van der Waals surface area contributed by atoms with Gasteiger partial charge in [-0.3, -0.25) is 4.55 Å². The number of likely N-dealkylation sites (tertiary alicyclic amines) is 1. The minimum absolute atomic E-state index is 0.331. The molecule has 1 saturated carbocycles. The van der Waals surface area contributed by atoms with Gasteiger partial charge in [0.1, 0.15) is 0 Å². The molecular weight excluding hydrogens is 334 g/mol. The first-order valence-electron chi connectivity index (χ1n) is 9.19. The van der Waals surface area contributed by atoms with E-state index in [-0.39, 0.29) is 5.41 Å². The summed E-state index contributed by atoms with van der Waals surface area (Å²) < 4.78 is 22.2. The SMILES string of the molecule is CCCCCCN1CC2C(C1)C2(C#N)c1cccc(CNS(=O)O)c1. The van der Waals surface area contributed by atoms with Crippen LogP contribution in [0, 0.1) is 23.2 Å². The van der Waals surface area contributed by atoms with E-state index in [0.717, 1.165) is 30.8 Å². The molecule has 5 nitrogen and oxygen atoms in total. The fourth-order valence-corrected chi connectivity index (χ4v) is 4.69. The number of hydrogen-bond acceptors (Lipinski definition) is 3. The summed E-state index contributed by atoms with van der Waals surface area (Å²) >= 11 is -2.02. The van der Waals surface area contributed by atoms with Crippen molar-refractivity contribution in [2.75, 3.05) is 19.6 Å². The van der Waals surface area contributed by atoms with Gasteiger partial charge in [0.2, 0.25) is 11.3 Å². The van der Waals surface area contributed by atoms with Gasteiger partial charge in [-0.2, -0.15) is 5.26 Å². The smallest absolute Gasteiger partial charge is 0.232 e. The number of nitriles is 1. The maximum Gasteiger partial charge on any atom is 0.232 e. The van der Waals surface area contributed by atoms with Crippen LogP contribution in [0.4, 0.5) is 0 Å². The van der Waals surface area contributed by atoms with Gasteiger partial charge in [-0.15, -0.1) is 0 Å². The summed E-state index contributed by atoms with van der Waals surface area (Å²) in [5, 5.41) is 9.88. The van der Waals surface area contributed by atoms with Crippen LogP contribution >= 0.6 is 0 Å². The van der Waals surface area contributed by atoms with Gasteiger partial charge in [-0.25, -0.2) is 8.93 Å². The van der Waals surface area contributed by atoms with E-state index in [2.05, 4.69) is 22.6 Å². The standard InChI is InChI=1S/C19H27N3O2S/c1-2-3-4-5-9-22-12-17-18(13-22)19(17,14-20)16-8-6-7-15(10-16)11-21-25(23)24/h6-8,10,17-18,21H,2-5,9,11-13H2,1H3,(H,23,24). The predicted molar refractivity (Wildman–Crippen MR) is 98.9 cm³/mol. The Labute approximate surface area is 152 Å². The summed E-state index contributed by atoms with van der Waals surface area (Å²) in [4.78, 5) is 2.51. The monoisotopic (exact) mass is 361 g/mol. The molecule has 0 radical (unpaired) electrons. The molecule has 2 aliphatic rings. The van der Waals surface area contributed by atoms with Crippen molar-refractivity contribution in [3.8, 4) is 6.07 Å². The second-order valence-corrected chi connectivity index (χ2v) is 8.07. The van der Waals surface area contributed by atoms with E-state index in [4.69, 9.17) is 4.55 Å². The molecule has 6 heteroatoms. The van der Waals surface area contributed by atoms with Gasteiger partial charge in [0.15, 0.2) is 0 Å². The molecule has 0 bridgehead atoms. The van der Waals surface area contributed by atoms with Crippen LogP contribution < -0.4 is 4.72 Å². The Balaban J connectivity index is 1.61. The highest BCUT2D eigenvalue weighted by Crippen LogP contribution is 2.63. The Morgan fingerprint density at radius 2 is 2.12 bits per heavy atom. The molecule has 1 aromatic rings. The Bertz CT molecular complexity index is 661. The Hall–Kier alpha value is -1.26. The highest BCUT2D eigenvalue weighted by molar-refractivity contribution is 7.77. The Morgan fingerprint density at radius 3 is 2.76 bits per heavy atom. The summed E-state index contributed by atoms with van der Waals surface area (Å²) in [7, 11) is 0. The van der Waals surface area contributed by atoms with Gasteiger partial charge in [-0.1, -0.05) is 50.5 Å². The first-order chi connectivity index (χ1) is 12.1. The van der Waals surface area contributed by atoms with Gasteiger partial charge < -0.3 is 4.90 Å². The number of benzene rings is 1. The molecule has 2 N–H and O–H groups in total. The summed E-state index contributed by atoms with van der Waals surface area (Å²) in [6.45, 7) is 5.76. The lowest BCUT2D eigenvalue weighted by Crippen LogP contribution is -2.30. The highest BCUT2D eigenvalue weighted by atomic mass is 32.2. The Kier molecular flexibility index (Phi) is 5.90. The maximum atomic E-state index is 10.8. The largest absolute Gasteiger partial charge is 0.303 e. The molecule has 0 amide bonds. The molecule has 25 heavy (non-hydrogen) atoms. The number of hydrogen-bond donors (Lipinski definition) is 2. The average Bonchev–Trinajstić information content (AvgIpc) is 3.00. The molecule has 1 aliphatic carbocycles. The fraction of sp³-hybridized carbons (Fsp3) is 0.632. The van der Waals surface area contributed by atoms with Crippen LogP contribution in [0.1, 0.15) is 43.7 Å². The third-order valence-electron chi connectivity index (χ3n) is 5.77. The van der Waals surface area contributed by atoms with Gasteiger partial charge in [0.25, 0.3) is 0 Å². The number of piperidine rings is 1. The fourth-order valence-electron chi connectivity index (χ4n) is 4.40. The maximum absolute atomic E-state index is 10.8. The Morgan fingerprint density at radius 1 is 1.36 bits per heavy atom. The molecule has 0 spiro atoms. The van der Waals surface area contributed by atoms with Crippen molar-refractivity contribution in [1.82, 2.24) is 9.62 Å². The van der Waals surface area contributed by atoms with Crippen molar-refractivity contribution >= 4 is 11.3 Å². The molecule has 1 aromatic carbocycles. The number of unbranched alkanes of at least 4 members (excludes halogenated alkanes) is 3. The minimum atomic E-state index is -2.02. The molecule has 1 aliphatic heterocycles. The van der Waals surface area contributed by atoms with Crippen molar-refractivity contribution in [2.24, 2.45) is 11.8 Å². The lowest BCUT2D eigenvalue weighted by molar-refractivity contribution is 0.279. The summed E-state index contributed by atoms with van der Waals surface area (Å²) in [6, 6.07) is 10.5. The van der Waals surface area contributed by atoms with Crippen LogP contribution in [-0.2, 0) is 23.2 Å². The second-order valence-electron chi connectivity index (χ2n) is 7.28. The van der Waals surface area contributed by atoms with E-state index >= 15 is 0 Å². The van der Waals surface area contributed by atoms with Crippen molar-refractivity contribution < 1.29 is 8.76 Å². The molecule has 1 saturated heterocycles. The molecular formula is C19H27N3O2S. The van der Waals surface area contributed by atoms with Crippen molar-refractivity contribution in [2.45, 2.75) is 44.6 Å². The summed E-state index contributed by atoms with van der Waals surface area (Å²) in [6.07, 6.45) is 5.12. The number of nitrogens with one attached hydrogen (secondary N) is 1. The lowest BCUT2D eigenvalue weighted by atomic mass is 9.90. The predicted octanol–water partition coefficient (Wildman–Crippen LogP) is 2.82. The molecule has 3 atom stereocenters. The van der Waals surface area contributed by atoms with Crippen molar-refractivity contribution in [1.29, 1.82) is 5.26 Å². The molecule has 0 aromatic heterocycles. The zero-order valence-electron chi connectivity index (χ0n) is 14.8. The van der Waals surface area contributed by atoms with E-state index in [9.17, 15) is 9.47 Å². The minimum Gasteiger partial charge on any atom is -0.303 e. The van der Waals surface area contributed by atoms with Gasteiger partial charge in [0.05, 0.1) is 11.5 Å². The van der Waals surface area contributed by atoms with Crippen LogP contribution in [0.2, 0.25) is 0 Å². The van der Waals surface area contributed by atoms with E-state index in [1.807, 2.05) is 24.3 Å². The topological polar surface area (TPSA) is 76.4 Å². The van der Waals surface area contributed by atoms with Crippen LogP contribution in [0.3, 0.4) is 0 Å². The van der Waals surface area contributed by atoms with Crippen molar-refractivity contribution in [3.05, 3.63) is 35.4 Å².